The summed E-state index contributed by atoms with van der Waals surface area (Å²) in [6, 6.07) is 2.26. The molecule has 1 unspecified atom stereocenters. The van der Waals surface area contributed by atoms with Gasteiger partial charge in [0, 0.05) is 0 Å². The van der Waals surface area contributed by atoms with Crippen LogP contribution in [0.2, 0.25) is 10.0 Å². The van der Waals surface area contributed by atoms with E-state index in [4.69, 9.17) is 28.3 Å². The molecule has 0 aliphatic carbocycles. The van der Waals surface area contributed by atoms with Gasteiger partial charge in [-0.25, -0.2) is 4.79 Å². The maximum atomic E-state index is 11.9. The molecule has 102 valence electrons. The normalized spacial score (nSPS) is 18.3. The van der Waals surface area contributed by atoms with E-state index >= 15 is 0 Å². The first-order valence-corrected chi connectivity index (χ1v) is 6.51. The molecule has 1 fully saturated rings. The molecule has 0 aromatic heterocycles. The molecule has 2 rings (SSSR count). The van der Waals surface area contributed by atoms with Gasteiger partial charge < -0.3 is 15.7 Å². The number of amides is 1. The number of carbonyl (C=O) groups is 2. The van der Waals surface area contributed by atoms with Crippen molar-refractivity contribution >= 4 is 40.8 Å². The van der Waals surface area contributed by atoms with Gasteiger partial charge in [0.1, 0.15) is 0 Å². The molecule has 7 heteroatoms. The van der Waals surface area contributed by atoms with Gasteiger partial charge in [-0.3, -0.25) is 4.79 Å². The zero-order valence-electron chi connectivity index (χ0n) is 9.87. The summed E-state index contributed by atoms with van der Waals surface area (Å²) in [5.74, 6) is -1.34. The number of hydrogen-bond donors (Lipinski definition) is 3. The van der Waals surface area contributed by atoms with Crippen molar-refractivity contribution < 1.29 is 14.7 Å². The fraction of sp³-hybridized carbons (Fsp3) is 0.333. The average Bonchev–Trinajstić information content (AvgIpc) is 2.86. The summed E-state index contributed by atoms with van der Waals surface area (Å²) in [6.45, 7) is 0.803. The lowest BCUT2D eigenvalue weighted by Crippen LogP contribution is -2.35. The lowest BCUT2D eigenvalue weighted by atomic mass is 10.2. The monoisotopic (exact) mass is 302 g/mol. The van der Waals surface area contributed by atoms with Crippen molar-refractivity contribution in [3.8, 4) is 0 Å². The van der Waals surface area contributed by atoms with E-state index in [9.17, 15) is 9.59 Å². The molecule has 0 bridgehead atoms. The Hall–Kier alpha value is -1.30. The number of aromatic carboxylic acids is 1. The minimum Gasteiger partial charge on any atom is -0.478 e. The fourth-order valence-corrected chi connectivity index (χ4v) is 2.52. The minimum atomic E-state index is -1.13. The number of halogens is 2. The lowest BCUT2D eigenvalue weighted by molar-refractivity contribution is -0.117. The number of carboxylic acids is 1. The largest absolute Gasteiger partial charge is 0.478 e. The summed E-state index contributed by atoms with van der Waals surface area (Å²) < 4.78 is 0. The minimum absolute atomic E-state index is 0.0213. The third kappa shape index (κ3) is 3.18. The molecule has 1 aliphatic rings. The highest BCUT2D eigenvalue weighted by atomic mass is 35.5. The van der Waals surface area contributed by atoms with Crippen molar-refractivity contribution in [2.75, 3.05) is 11.9 Å². The molecule has 5 nitrogen and oxygen atoms in total. The zero-order valence-corrected chi connectivity index (χ0v) is 11.4. The summed E-state index contributed by atoms with van der Waals surface area (Å²) in [5, 5.41) is 14.8. The van der Waals surface area contributed by atoms with Gasteiger partial charge in [-0.15, -0.1) is 0 Å². The van der Waals surface area contributed by atoms with E-state index in [1.165, 1.54) is 12.1 Å². The molecule has 1 saturated heterocycles. The van der Waals surface area contributed by atoms with Gasteiger partial charge in [0.05, 0.1) is 27.3 Å². The van der Waals surface area contributed by atoms with E-state index in [1.807, 2.05) is 0 Å². The van der Waals surface area contributed by atoms with Crippen molar-refractivity contribution in [3.63, 3.8) is 0 Å². The molecule has 0 saturated carbocycles. The Morgan fingerprint density at radius 1 is 1.32 bits per heavy atom. The second-order valence-corrected chi connectivity index (χ2v) is 5.07. The van der Waals surface area contributed by atoms with Crippen LogP contribution in [0.15, 0.2) is 12.1 Å². The van der Waals surface area contributed by atoms with Gasteiger partial charge >= 0.3 is 5.97 Å². The maximum absolute atomic E-state index is 11.9. The molecular formula is C12H12Cl2N2O3. The molecule has 1 aromatic rings. The second kappa shape index (κ2) is 5.77. The standard InChI is InChI=1S/C12H12Cl2N2O3/c13-7-4-6(12(18)19)5-8(14)10(7)16-11(17)9-2-1-3-15-9/h4-5,9,15H,1-3H2,(H,16,17)(H,18,19). The summed E-state index contributed by atoms with van der Waals surface area (Å²) in [7, 11) is 0. The Bertz CT molecular complexity index is 505. The average molecular weight is 303 g/mol. The van der Waals surface area contributed by atoms with Gasteiger partial charge in [-0.2, -0.15) is 0 Å². The SMILES string of the molecule is O=C(O)c1cc(Cl)c(NC(=O)C2CCCN2)c(Cl)c1. The molecule has 3 N–H and O–H groups in total. The molecule has 1 aromatic carbocycles. The highest BCUT2D eigenvalue weighted by Crippen LogP contribution is 2.32. The predicted octanol–water partition coefficient (Wildman–Crippen LogP) is 2.38. The van der Waals surface area contributed by atoms with Crippen LogP contribution in [0.5, 0.6) is 0 Å². The van der Waals surface area contributed by atoms with Crippen LogP contribution < -0.4 is 10.6 Å². The van der Waals surface area contributed by atoms with Gasteiger partial charge in [0.2, 0.25) is 5.91 Å². The van der Waals surface area contributed by atoms with E-state index in [0.717, 1.165) is 19.4 Å². The molecule has 1 atom stereocenters. The smallest absolute Gasteiger partial charge is 0.335 e. The summed E-state index contributed by atoms with van der Waals surface area (Å²) in [5.41, 5.74) is 0.221. The number of carbonyl (C=O) groups excluding carboxylic acids is 1. The van der Waals surface area contributed by atoms with E-state index in [-0.39, 0.29) is 33.2 Å². The zero-order chi connectivity index (χ0) is 14.0. The Labute approximate surface area is 119 Å². The summed E-state index contributed by atoms with van der Waals surface area (Å²) >= 11 is 11.9. The number of anilines is 1. The highest BCUT2D eigenvalue weighted by molar-refractivity contribution is 6.40. The van der Waals surface area contributed by atoms with Crippen LogP contribution in [0.25, 0.3) is 0 Å². The number of carboxylic acid groups (broad SMARTS) is 1. The molecule has 0 radical (unpaired) electrons. The molecular weight excluding hydrogens is 291 g/mol. The van der Waals surface area contributed by atoms with Gasteiger partial charge in [-0.05, 0) is 31.5 Å². The molecule has 1 amide bonds. The van der Waals surface area contributed by atoms with Crippen LogP contribution in [0.1, 0.15) is 23.2 Å². The van der Waals surface area contributed by atoms with Crippen molar-refractivity contribution in [1.29, 1.82) is 0 Å². The lowest BCUT2D eigenvalue weighted by Gasteiger charge is -2.14. The Kier molecular flexibility index (Phi) is 4.29. The van der Waals surface area contributed by atoms with Crippen molar-refractivity contribution in [2.45, 2.75) is 18.9 Å². The first-order chi connectivity index (χ1) is 8.99. The third-order valence-corrected chi connectivity index (χ3v) is 3.51. The van der Waals surface area contributed by atoms with Crippen molar-refractivity contribution in [1.82, 2.24) is 5.32 Å². The van der Waals surface area contributed by atoms with Gasteiger partial charge in [0.25, 0.3) is 0 Å². The van der Waals surface area contributed by atoms with E-state index in [2.05, 4.69) is 10.6 Å². The predicted molar refractivity (Wildman–Crippen MR) is 73.1 cm³/mol. The Morgan fingerprint density at radius 2 is 1.95 bits per heavy atom. The van der Waals surface area contributed by atoms with Crippen LogP contribution in [-0.2, 0) is 4.79 Å². The fourth-order valence-electron chi connectivity index (χ4n) is 1.93. The number of hydrogen-bond acceptors (Lipinski definition) is 3. The highest BCUT2D eigenvalue weighted by Gasteiger charge is 2.23. The van der Waals surface area contributed by atoms with Crippen LogP contribution in [-0.4, -0.2) is 29.6 Å². The molecule has 1 aliphatic heterocycles. The molecule has 19 heavy (non-hydrogen) atoms. The van der Waals surface area contributed by atoms with Crippen LogP contribution in [0.3, 0.4) is 0 Å². The van der Waals surface area contributed by atoms with Crippen LogP contribution >= 0.6 is 23.2 Å². The van der Waals surface area contributed by atoms with E-state index in [0.29, 0.717) is 0 Å². The number of nitrogens with one attached hydrogen (secondary N) is 2. The number of benzene rings is 1. The number of rotatable bonds is 3. The van der Waals surface area contributed by atoms with E-state index < -0.39 is 5.97 Å². The van der Waals surface area contributed by atoms with Gasteiger partial charge in [-0.1, -0.05) is 23.2 Å². The molecule has 0 spiro atoms. The van der Waals surface area contributed by atoms with Crippen molar-refractivity contribution in [3.05, 3.63) is 27.7 Å². The Morgan fingerprint density at radius 3 is 2.42 bits per heavy atom. The van der Waals surface area contributed by atoms with Crippen LogP contribution in [0.4, 0.5) is 5.69 Å². The first kappa shape index (κ1) is 14.1. The topological polar surface area (TPSA) is 78.4 Å². The quantitative estimate of drug-likeness (QED) is 0.801. The first-order valence-electron chi connectivity index (χ1n) is 5.75. The van der Waals surface area contributed by atoms with E-state index in [1.54, 1.807) is 0 Å². The Balaban J connectivity index is 2.20. The second-order valence-electron chi connectivity index (χ2n) is 4.26. The maximum Gasteiger partial charge on any atom is 0.335 e. The van der Waals surface area contributed by atoms with Crippen LogP contribution in [0, 0.1) is 0 Å². The van der Waals surface area contributed by atoms with Crippen molar-refractivity contribution in [2.24, 2.45) is 0 Å². The summed E-state index contributed by atoms with van der Waals surface area (Å²) in [4.78, 5) is 22.8. The molecule has 1 heterocycles. The third-order valence-electron chi connectivity index (χ3n) is 2.91. The van der Waals surface area contributed by atoms with Gasteiger partial charge in [0.15, 0.2) is 0 Å². The summed E-state index contributed by atoms with van der Waals surface area (Å²) in [6.07, 6.45) is 1.70.